The second-order valence-electron chi connectivity index (χ2n) is 6.24. The minimum atomic E-state index is -3.50. The van der Waals surface area contributed by atoms with Crippen LogP contribution in [0.4, 0.5) is 0 Å². The Kier molecular flexibility index (Phi) is 6.49. The molecule has 0 spiro atoms. The Morgan fingerprint density at radius 1 is 1.07 bits per heavy atom. The third-order valence-corrected chi connectivity index (χ3v) is 6.42. The van der Waals surface area contributed by atoms with Gasteiger partial charge in [-0.1, -0.05) is 35.9 Å². The highest BCUT2D eigenvalue weighted by Crippen LogP contribution is 2.18. The van der Waals surface area contributed by atoms with Crippen molar-refractivity contribution in [1.29, 1.82) is 0 Å². The zero-order valence-corrected chi connectivity index (χ0v) is 16.3. The van der Waals surface area contributed by atoms with Crippen LogP contribution in [-0.4, -0.2) is 44.9 Å². The molecule has 0 aromatic heterocycles. The number of morpholine rings is 1. The highest BCUT2D eigenvalue weighted by atomic mass is 35.5. The Labute approximate surface area is 164 Å². The number of halogens is 1. The average molecular weight is 409 g/mol. The Balaban J connectivity index is 1.56. The van der Waals surface area contributed by atoms with Crippen molar-refractivity contribution in [2.45, 2.75) is 17.9 Å². The van der Waals surface area contributed by atoms with Gasteiger partial charge in [-0.05, 0) is 35.4 Å². The first-order chi connectivity index (χ1) is 12.9. The fourth-order valence-corrected chi connectivity index (χ4v) is 4.43. The van der Waals surface area contributed by atoms with Gasteiger partial charge in [0.2, 0.25) is 15.9 Å². The van der Waals surface area contributed by atoms with Crippen LogP contribution in [0.15, 0.2) is 53.4 Å². The van der Waals surface area contributed by atoms with E-state index in [1.807, 2.05) is 6.07 Å². The summed E-state index contributed by atoms with van der Waals surface area (Å²) in [7, 11) is -3.50. The summed E-state index contributed by atoms with van der Waals surface area (Å²) in [4.78, 5) is 12.3. The first-order valence-corrected chi connectivity index (χ1v) is 10.4. The molecule has 27 heavy (non-hydrogen) atoms. The van der Waals surface area contributed by atoms with Gasteiger partial charge in [-0.15, -0.1) is 0 Å². The Morgan fingerprint density at radius 2 is 1.78 bits per heavy atom. The van der Waals surface area contributed by atoms with Crippen molar-refractivity contribution in [3.63, 3.8) is 0 Å². The van der Waals surface area contributed by atoms with Crippen molar-refractivity contribution < 1.29 is 17.9 Å². The van der Waals surface area contributed by atoms with Gasteiger partial charge in [0.25, 0.3) is 0 Å². The summed E-state index contributed by atoms with van der Waals surface area (Å²) in [5, 5.41) is 3.42. The second-order valence-corrected chi connectivity index (χ2v) is 8.62. The quantitative estimate of drug-likeness (QED) is 0.795. The fourth-order valence-electron chi connectivity index (χ4n) is 2.81. The molecule has 6 nitrogen and oxygen atoms in total. The SMILES string of the molecule is O=C(Cc1cccc(Cl)c1)NCc1ccc(S(=O)(=O)N2CCOCC2)cc1. The van der Waals surface area contributed by atoms with Gasteiger partial charge in [-0.3, -0.25) is 4.79 Å². The molecule has 0 atom stereocenters. The monoisotopic (exact) mass is 408 g/mol. The normalized spacial score (nSPS) is 15.4. The lowest BCUT2D eigenvalue weighted by Gasteiger charge is -2.26. The van der Waals surface area contributed by atoms with E-state index in [0.29, 0.717) is 37.9 Å². The van der Waals surface area contributed by atoms with Crippen molar-refractivity contribution in [2.24, 2.45) is 0 Å². The second kappa shape index (κ2) is 8.84. The molecule has 1 amide bonds. The number of amides is 1. The summed E-state index contributed by atoms with van der Waals surface area (Å²) in [6.07, 6.45) is 0.240. The van der Waals surface area contributed by atoms with Crippen LogP contribution in [0.1, 0.15) is 11.1 Å². The number of sulfonamides is 1. The number of ether oxygens (including phenoxy) is 1. The molecule has 1 fully saturated rings. The molecular weight excluding hydrogens is 388 g/mol. The summed E-state index contributed by atoms with van der Waals surface area (Å²) in [5.74, 6) is -0.123. The van der Waals surface area contributed by atoms with Crippen molar-refractivity contribution in [1.82, 2.24) is 9.62 Å². The molecule has 0 radical (unpaired) electrons. The maximum atomic E-state index is 12.6. The van der Waals surface area contributed by atoms with Crippen LogP contribution < -0.4 is 5.32 Å². The van der Waals surface area contributed by atoms with Gasteiger partial charge < -0.3 is 10.1 Å². The molecule has 0 unspecified atom stereocenters. The van der Waals surface area contributed by atoms with Crippen LogP contribution in [0, 0.1) is 0 Å². The number of hydrogen-bond donors (Lipinski definition) is 1. The van der Waals surface area contributed by atoms with Crippen LogP contribution in [0.25, 0.3) is 0 Å². The molecule has 2 aromatic rings. The van der Waals surface area contributed by atoms with Crippen molar-refractivity contribution in [3.05, 3.63) is 64.7 Å². The number of nitrogens with one attached hydrogen (secondary N) is 1. The zero-order valence-electron chi connectivity index (χ0n) is 14.7. The standard InChI is InChI=1S/C19H21ClN2O4S/c20-17-3-1-2-16(12-17)13-19(23)21-14-15-4-6-18(7-5-15)27(24,25)22-8-10-26-11-9-22/h1-7,12H,8-11,13-14H2,(H,21,23). The van der Waals surface area contributed by atoms with E-state index in [1.165, 1.54) is 4.31 Å². The fraction of sp³-hybridized carbons (Fsp3) is 0.316. The number of benzene rings is 2. The van der Waals surface area contributed by atoms with Gasteiger partial charge in [0.1, 0.15) is 0 Å². The van der Waals surface area contributed by atoms with Crippen LogP contribution in [0.5, 0.6) is 0 Å². The van der Waals surface area contributed by atoms with E-state index < -0.39 is 10.0 Å². The maximum Gasteiger partial charge on any atom is 0.243 e. The number of rotatable bonds is 6. The Morgan fingerprint density at radius 3 is 2.44 bits per heavy atom. The van der Waals surface area contributed by atoms with Gasteiger partial charge >= 0.3 is 0 Å². The van der Waals surface area contributed by atoms with E-state index in [4.69, 9.17) is 16.3 Å². The summed E-state index contributed by atoms with van der Waals surface area (Å²) in [6.45, 7) is 1.89. The molecule has 2 aromatic carbocycles. The van der Waals surface area contributed by atoms with Gasteiger partial charge in [-0.2, -0.15) is 4.31 Å². The molecule has 1 N–H and O–H groups in total. The average Bonchev–Trinajstić information content (AvgIpc) is 2.67. The van der Waals surface area contributed by atoms with E-state index >= 15 is 0 Å². The number of carbonyl (C=O) groups excluding carboxylic acids is 1. The van der Waals surface area contributed by atoms with E-state index in [1.54, 1.807) is 42.5 Å². The maximum absolute atomic E-state index is 12.6. The number of nitrogens with zero attached hydrogens (tertiary/aromatic N) is 1. The summed E-state index contributed by atoms with van der Waals surface area (Å²) >= 11 is 5.92. The molecule has 1 aliphatic rings. The van der Waals surface area contributed by atoms with Gasteiger partial charge in [0, 0.05) is 24.7 Å². The molecule has 8 heteroatoms. The Hall–Kier alpha value is -1.93. The Bertz CT molecular complexity index is 894. The molecule has 0 saturated carbocycles. The van der Waals surface area contributed by atoms with Crippen molar-refractivity contribution in [3.8, 4) is 0 Å². The van der Waals surface area contributed by atoms with E-state index in [0.717, 1.165) is 11.1 Å². The minimum Gasteiger partial charge on any atom is -0.379 e. The van der Waals surface area contributed by atoms with Crippen LogP contribution in [-0.2, 0) is 32.5 Å². The third kappa shape index (κ3) is 5.29. The van der Waals surface area contributed by atoms with Crippen molar-refractivity contribution in [2.75, 3.05) is 26.3 Å². The third-order valence-electron chi connectivity index (χ3n) is 4.27. The lowest BCUT2D eigenvalue weighted by Crippen LogP contribution is -2.40. The summed E-state index contributed by atoms with van der Waals surface area (Å²) in [5.41, 5.74) is 1.67. The van der Waals surface area contributed by atoms with E-state index in [-0.39, 0.29) is 17.2 Å². The van der Waals surface area contributed by atoms with Gasteiger partial charge in [0.15, 0.2) is 0 Å². The molecule has 144 valence electrons. The molecule has 0 aliphatic carbocycles. The first kappa shape index (κ1) is 19.8. The van der Waals surface area contributed by atoms with Gasteiger partial charge in [-0.25, -0.2) is 8.42 Å². The molecule has 1 saturated heterocycles. The van der Waals surface area contributed by atoms with Crippen molar-refractivity contribution >= 4 is 27.5 Å². The van der Waals surface area contributed by atoms with Gasteiger partial charge in [0.05, 0.1) is 24.5 Å². The highest BCUT2D eigenvalue weighted by Gasteiger charge is 2.26. The molecule has 1 aliphatic heterocycles. The lowest BCUT2D eigenvalue weighted by atomic mass is 10.1. The van der Waals surface area contributed by atoms with Crippen LogP contribution in [0.3, 0.4) is 0 Å². The number of hydrogen-bond acceptors (Lipinski definition) is 4. The zero-order chi connectivity index (χ0) is 19.3. The van der Waals surface area contributed by atoms with E-state index in [2.05, 4.69) is 5.32 Å². The predicted octanol–water partition coefficient (Wildman–Crippen LogP) is 2.22. The molecule has 3 rings (SSSR count). The highest BCUT2D eigenvalue weighted by molar-refractivity contribution is 7.89. The summed E-state index contributed by atoms with van der Waals surface area (Å²) in [6, 6.07) is 13.7. The summed E-state index contributed by atoms with van der Waals surface area (Å²) < 4.78 is 31.8. The van der Waals surface area contributed by atoms with Crippen LogP contribution in [0.2, 0.25) is 5.02 Å². The lowest BCUT2D eigenvalue weighted by molar-refractivity contribution is -0.120. The number of carbonyl (C=O) groups is 1. The minimum absolute atomic E-state index is 0.123. The largest absolute Gasteiger partial charge is 0.379 e. The predicted molar refractivity (Wildman–Crippen MR) is 103 cm³/mol. The first-order valence-electron chi connectivity index (χ1n) is 8.63. The topological polar surface area (TPSA) is 75.7 Å². The molecule has 1 heterocycles. The molecular formula is C19H21ClN2O4S. The smallest absolute Gasteiger partial charge is 0.243 e. The molecule has 0 bridgehead atoms. The van der Waals surface area contributed by atoms with Crippen LogP contribution >= 0.6 is 11.6 Å². The van der Waals surface area contributed by atoms with E-state index in [9.17, 15) is 13.2 Å².